The van der Waals surface area contributed by atoms with Crippen molar-refractivity contribution in [3.05, 3.63) is 65.2 Å². The molecule has 0 spiro atoms. The fourth-order valence-electron chi connectivity index (χ4n) is 5.34. The Labute approximate surface area is 219 Å². The summed E-state index contributed by atoms with van der Waals surface area (Å²) in [6.07, 6.45) is 0.874. The first-order valence-corrected chi connectivity index (χ1v) is 14.3. The number of ether oxygens (including phenoxy) is 1. The molecule has 3 atom stereocenters. The van der Waals surface area contributed by atoms with Crippen molar-refractivity contribution in [2.45, 2.75) is 57.7 Å². The first-order valence-electron chi connectivity index (χ1n) is 12.9. The van der Waals surface area contributed by atoms with Crippen molar-refractivity contribution in [2.24, 2.45) is 5.92 Å². The molecule has 3 heterocycles. The van der Waals surface area contributed by atoms with Crippen LogP contribution in [-0.4, -0.2) is 55.1 Å². The van der Waals surface area contributed by atoms with E-state index in [4.69, 9.17) is 4.74 Å². The summed E-state index contributed by atoms with van der Waals surface area (Å²) in [6.45, 7) is 11.4. The van der Waals surface area contributed by atoms with Gasteiger partial charge in [0.2, 0.25) is 11.8 Å². The molecule has 0 saturated carbocycles. The third-order valence-corrected chi connectivity index (χ3v) is 8.32. The Morgan fingerprint density at radius 2 is 1.81 bits per heavy atom. The number of nitrogens with one attached hydrogen (secondary N) is 2. The zero-order valence-corrected chi connectivity index (χ0v) is 22.7. The molecule has 6 bridgehead atoms. The summed E-state index contributed by atoms with van der Waals surface area (Å²) in [7, 11) is -3.90. The van der Waals surface area contributed by atoms with E-state index in [1.54, 1.807) is 18.2 Å². The monoisotopic (exact) mass is 521 g/mol. The Balaban J connectivity index is 1.63. The summed E-state index contributed by atoms with van der Waals surface area (Å²) in [5.74, 6) is 0.885. The Bertz CT molecular complexity index is 1370. The maximum Gasteiger partial charge on any atom is 0.264 e. The number of benzene rings is 2. The van der Waals surface area contributed by atoms with E-state index < -0.39 is 10.0 Å². The second-order valence-corrected chi connectivity index (χ2v) is 12.2. The van der Waals surface area contributed by atoms with Crippen molar-refractivity contribution in [3.8, 4) is 17.1 Å². The van der Waals surface area contributed by atoms with Crippen molar-refractivity contribution < 1.29 is 13.2 Å². The lowest BCUT2D eigenvalue weighted by Crippen LogP contribution is -2.42. The highest BCUT2D eigenvalue weighted by Gasteiger charge is 2.29. The highest BCUT2D eigenvalue weighted by molar-refractivity contribution is 7.92. The van der Waals surface area contributed by atoms with Gasteiger partial charge in [0.1, 0.15) is 6.10 Å². The zero-order chi connectivity index (χ0) is 26.2. The van der Waals surface area contributed by atoms with Crippen LogP contribution in [-0.2, 0) is 16.6 Å². The average molecular weight is 522 g/mol. The van der Waals surface area contributed by atoms with Crippen LogP contribution in [0.2, 0.25) is 0 Å². The van der Waals surface area contributed by atoms with Crippen molar-refractivity contribution >= 4 is 16.0 Å². The molecule has 1 fully saturated rings. The van der Waals surface area contributed by atoms with Crippen molar-refractivity contribution in [1.82, 2.24) is 20.2 Å². The molecule has 1 unspecified atom stereocenters. The minimum atomic E-state index is -3.90. The third kappa shape index (κ3) is 5.79. The molecule has 8 nitrogen and oxygen atoms in total. The van der Waals surface area contributed by atoms with Gasteiger partial charge in [-0.25, -0.2) is 18.1 Å². The van der Waals surface area contributed by atoms with Crippen molar-refractivity contribution in [1.29, 1.82) is 0 Å². The summed E-state index contributed by atoms with van der Waals surface area (Å²) < 4.78 is 35.8. The molecule has 0 radical (unpaired) electrons. The van der Waals surface area contributed by atoms with Crippen LogP contribution in [0, 0.1) is 19.8 Å². The van der Waals surface area contributed by atoms with Gasteiger partial charge in [0.15, 0.2) is 0 Å². The predicted octanol–water partition coefficient (Wildman–Crippen LogP) is 4.14. The standard InChI is InChI=1S/C28H35N5O3S/c1-18(2)11-22-14-29-15-23-17-33(22)16-21-9-6-10-24(12-21)37(34,35)32-28-30-25(13-26(31-28)36-23)27-19(3)7-5-8-20(27)4/h5-10,12-13,18,22-23,29H,11,14-17H2,1-4H3,(H,30,31,32)/t22-,23+/m0/s1. The van der Waals surface area contributed by atoms with Gasteiger partial charge in [0.05, 0.1) is 10.6 Å². The number of hydrogen-bond donors (Lipinski definition) is 2. The fourth-order valence-corrected chi connectivity index (χ4v) is 6.35. The number of fused-ring (bicyclic) bond motifs is 6. The maximum atomic E-state index is 13.4. The van der Waals surface area contributed by atoms with Crippen molar-refractivity contribution in [2.75, 3.05) is 24.4 Å². The summed E-state index contributed by atoms with van der Waals surface area (Å²) in [5.41, 5.74) is 4.60. The Morgan fingerprint density at radius 3 is 2.57 bits per heavy atom. The molecular weight excluding hydrogens is 486 g/mol. The van der Waals surface area contributed by atoms with E-state index in [1.165, 1.54) is 0 Å². The van der Waals surface area contributed by atoms with Crippen LogP contribution in [0.5, 0.6) is 5.88 Å². The second-order valence-electron chi connectivity index (χ2n) is 10.5. The number of anilines is 1. The molecule has 1 saturated heterocycles. The molecule has 2 aliphatic rings. The molecule has 2 N–H and O–H groups in total. The first-order chi connectivity index (χ1) is 17.7. The van der Waals surface area contributed by atoms with E-state index in [9.17, 15) is 8.42 Å². The molecule has 2 aliphatic heterocycles. The number of sulfonamides is 1. The van der Waals surface area contributed by atoms with Crippen LogP contribution in [0.1, 0.15) is 37.0 Å². The van der Waals surface area contributed by atoms with Crippen molar-refractivity contribution in [3.63, 3.8) is 0 Å². The molecule has 1 aromatic heterocycles. The number of aromatic nitrogens is 2. The number of nitrogens with zero attached hydrogens (tertiary/aromatic N) is 3. The van der Waals surface area contributed by atoms with Gasteiger partial charge < -0.3 is 10.1 Å². The topological polar surface area (TPSA) is 96.5 Å². The molecule has 5 rings (SSSR count). The average Bonchev–Trinajstić information content (AvgIpc) is 2.99. The minimum absolute atomic E-state index is 0.00377. The Kier molecular flexibility index (Phi) is 7.20. The van der Waals surface area contributed by atoms with Crippen LogP contribution in [0.3, 0.4) is 0 Å². The first kappa shape index (κ1) is 25.6. The molecular formula is C28H35N5O3S. The van der Waals surface area contributed by atoms with Gasteiger partial charge in [-0.05, 0) is 55.0 Å². The SMILES string of the molecule is Cc1cccc(C)c1-c1cc2nc(n1)NS(=O)(=O)c1cccc(c1)CN1C[C@@H](CNC[C@@H]1CC(C)C)O2. The lowest BCUT2D eigenvalue weighted by molar-refractivity contribution is 0.109. The number of rotatable bonds is 3. The molecule has 0 aliphatic carbocycles. The van der Waals surface area contributed by atoms with Gasteiger partial charge in [-0.2, -0.15) is 4.98 Å². The molecule has 3 aromatic rings. The highest BCUT2D eigenvalue weighted by atomic mass is 32.2. The van der Waals surface area contributed by atoms with E-state index in [2.05, 4.69) is 38.8 Å². The summed E-state index contributed by atoms with van der Waals surface area (Å²) in [5, 5.41) is 3.58. The molecule has 196 valence electrons. The van der Waals surface area contributed by atoms with Gasteiger partial charge in [0, 0.05) is 43.9 Å². The third-order valence-electron chi connectivity index (χ3n) is 7.00. The van der Waals surface area contributed by atoms with E-state index in [-0.39, 0.29) is 16.9 Å². The van der Waals surface area contributed by atoms with Gasteiger partial charge in [0.25, 0.3) is 10.0 Å². The maximum absolute atomic E-state index is 13.4. The van der Waals surface area contributed by atoms with E-state index in [0.29, 0.717) is 43.2 Å². The zero-order valence-electron chi connectivity index (χ0n) is 21.9. The number of hydrogen-bond acceptors (Lipinski definition) is 7. The van der Waals surface area contributed by atoms with Gasteiger partial charge in [-0.15, -0.1) is 0 Å². The van der Waals surface area contributed by atoms with Crippen LogP contribution in [0.25, 0.3) is 11.3 Å². The van der Waals surface area contributed by atoms with Gasteiger partial charge in [-0.1, -0.05) is 44.2 Å². The van der Waals surface area contributed by atoms with E-state index >= 15 is 0 Å². The van der Waals surface area contributed by atoms with E-state index in [1.807, 2.05) is 44.2 Å². The molecule has 9 heteroatoms. The highest BCUT2D eigenvalue weighted by Crippen LogP contribution is 2.30. The lowest BCUT2D eigenvalue weighted by Gasteiger charge is -2.32. The van der Waals surface area contributed by atoms with Crippen LogP contribution in [0.15, 0.2) is 53.4 Å². The normalized spacial score (nSPS) is 23.0. The smallest absolute Gasteiger partial charge is 0.264 e. The summed E-state index contributed by atoms with van der Waals surface area (Å²) in [4.78, 5) is 11.7. The predicted molar refractivity (Wildman–Crippen MR) is 145 cm³/mol. The lowest BCUT2D eigenvalue weighted by atomic mass is 10.00. The Hall–Kier alpha value is -3.01. The summed E-state index contributed by atoms with van der Waals surface area (Å²) in [6, 6.07) is 15.3. The molecule has 37 heavy (non-hydrogen) atoms. The van der Waals surface area contributed by atoms with Gasteiger partial charge in [-0.3, -0.25) is 4.90 Å². The Morgan fingerprint density at radius 1 is 1.05 bits per heavy atom. The van der Waals surface area contributed by atoms with E-state index in [0.717, 1.165) is 35.2 Å². The van der Waals surface area contributed by atoms with Crippen LogP contribution < -0.4 is 14.8 Å². The fraction of sp³-hybridized carbons (Fsp3) is 0.429. The van der Waals surface area contributed by atoms with Gasteiger partial charge >= 0.3 is 0 Å². The largest absolute Gasteiger partial charge is 0.471 e. The van der Waals surface area contributed by atoms with Crippen LogP contribution >= 0.6 is 0 Å². The second kappa shape index (κ2) is 10.4. The summed E-state index contributed by atoms with van der Waals surface area (Å²) >= 11 is 0. The molecule has 0 amide bonds. The number of aryl methyl sites for hydroxylation is 2. The minimum Gasteiger partial charge on any atom is -0.471 e. The molecule has 2 aromatic carbocycles. The quantitative estimate of drug-likeness (QED) is 0.535. The van der Waals surface area contributed by atoms with Crippen LogP contribution in [0.4, 0.5) is 5.95 Å².